The van der Waals surface area contributed by atoms with Crippen molar-refractivity contribution in [3.63, 3.8) is 0 Å². The summed E-state index contributed by atoms with van der Waals surface area (Å²) in [6, 6.07) is 12.2. The van der Waals surface area contributed by atoms with Crippen molar-refractivity contribution in [2.45, 2.75) is 13.0 Å². The molecule has 0 aliphatic carbocycles. The second-order valence-electron chi connectivity index (χ2n) is 4.72. The highest BCUT2D eigenvalue weighted by atomic mass is 19.1. The zero-order valence-electron chi connectivity index (χ0n) is 12.7. The normalized spacial score (nSPS) is 11.4. The number of nitrogens with one attached hydrogen (secondary N) is 1. The third kappa shape index (κ3) is 4.06. The molecule has 120 valence electrons. The molecule has 1 amide bonds. The monoisotopic (exact) mass is 317 g/mol. The van der Waals surface area contributed by atoms with Crippen LogP contribution in [0.2, 0.25) is 0 Å². The summed E-state index contributed by atoms with van der Waals surface area (Å²) in [6.45, 7) is 1.41. The molecular formula is C17H16FNO4. The van der Waals surface area contributed by atoms with Crippen LogP contribution in [0.3, 0.4) is 0 Å². The molecule has 0 saturated heterocycles. The number of anilines is 1. The van der Waals surface area contributed by atoms with Gasteiger partial charge in [0.2, 0.25) is 0 Å². The average Bonchev–Trinajstić information content (AvgIpc) is 2.55. The van der Waals surface area contributed by atoms with E-state index in [0.717, 1.165) is 6.07 Å². The fourth-order valence-corrected chi connectivity index (χ4v) is 1.89. The maximum absolute atomic E-state index is 13.5. The Bertz CT molecular complexity index is 717. The number of para-hydroxylation sites is 2. The molecule has 0 aliphatic rings. The molecule has 2 aromatic carbocycles. The number of amides is 1. The molecule has 0 aromatic heterocycles. The number of carbonyl (C=O) groups excluding carboxylic acids is 2. The lowest BCUT2D eigenvalue weighted by Crippen LogP contribution is -2.30. The van der Waals surface area contributed by atoms with Crippen molar-refractivity contribution in [1.82, 2.24) is 0 Å². The van der Waals surface area contributed by atoms with E-state index in [0.29, 0.717) is 11.4 Å². The summed E-state index contributed by atoms with van der Waals surface area (Å²) < 4.78 is 23.6. The Morgan fingerprint density at radius 2 is 1.74 bits per heavy atom. The number of methoxy groups -OCH3 is 1. The van der Waals surface area contributed by atoms with Gasteiger partial charge in [0.15, 0.2) is 6.10 Å². The molecule has 0 heterocycles. The number of benzene rings is 2. The van der Waals surface area contributed by atoms with E-state index in [4.69, 9.17) is 9.47 Å². The first-order valence-corrected chi connectivity index (χ1v) is 6.92. The van der Waals surface area contributed by atoms with Crippen molar-refractivity contribution in [3.05, 3.63) is 59.9 Å². The van der Waals surface area contributed by atoms with Crippen LogP contribution in [-0.2, 0) is 9.53 Å². The molecule has 6 heteroatoms. The van der Waals surface area contributed by atoms with E-state index in [2.05, 4.69) is 5.32 Å². The van der Waals surface area contributed by atoms with Crippen molar-refractivity contribution < 1.29 is 23.5 Å². The molecule has 0 fully saturated rings. The second kappa shape index (κ2) is 7.40. The number of ether oxygens (including phenoxy) is 2. The van der Waals surface area contributed by atoms with E-state index >= 15 is 0 Å². The van der Waals surface area contributed by atoms with Gasteiger partial charge < -0.3 is 14.8 Å². The molecule has 0 aliphatic heterocycles. The summed E-state index contributed by atoms with van der Waals surface area (Å²) in [5.74, 6) is -1.66. The largest absolute Gasteiger partial charge is 0.495 e. The van der Waals surface area contributed by atoms with Gasteiger partial charge in [0.25, 0.3) is 5.91 Å². The molecule has 5 nitrogen and oxygen atoms in total. The molecule has 0 bridgehead atoms. The van der Waals surface area contributed by atoms with Crippen LogP contribution in [0.4, 0.5) is 10.1 Å². The van der Waals surface area contributed by atoms with Crippen molar-refractivity contribution in [2.24, 2.45) is 0 Å². The number of halogens is 1. The minimum atomic E-state index is -1.09. The summed E-state index contributed by atoms with van der Waals surface area (Å²) >= 11 is 0. The Kier molecular flexibility index (Phi) is 5.30. The Morgan fingerprint density at radius 3 is 2.43 bits per heavy atom. The lowest BCUT2D eigenvalue weighted by Gasteiger charge is -2.15. The predicted molar refractivity (Wildman–Crippen MR) is 82.9 cm³/mol. The highest BCUT2D eigenvalue weighted by Crippen LogP contribution is 2.23. The van der Waals surface area contributed by atoms with Crippen molar-refractivity contribution in [1.29, 1.82) is 0 Å². The van der Waals surface area contributed by atoms with Gasteiger partial charge in [0.1, 0.15) is 11.6 Å². The molecule has 0 saturated carbocycles. The third-order valence-corrected chi connectivity index (χ3v) is 3.11. The van der Waals surface area contributed by atoms with E-state index in [1.165, 1.54) is 32.2 Å². The van der Waals surface area contributed by atoms with E-state index in [9.17, 15) is 14.0 Å². The number of esters is 1. The highest BCUT2D eigenvalue weighted by molar-refractivity contribution is 5.98. The van der Waals surface area contributed by atoms with E-state index in [1.54, 1.807) is 24.3 Å². The fraction of sp³-hybridized carbons (Fsp3) is 0.176. The van der Waals surface area contributed by atoms with Crippen LogP contribution >= 0.6 is 0 Å². The quantitative estimate of drug-likeness (QED) is 0.861. The number of carbonyl (C=O) groups is 2. The third-order valence-electron chi connectivity index (χ3n) is 3.11. The molecule has 0 spiro atoms. The molecule has 0 radical (unpaired) electrons. The summed E-state index contributed by atoms with van der Waals surface area (Å²) in [5, 5.41) is 2.60. The number of rotatable bonds is 5. The van der Waals surface area contributed by atoms with Crippen molar-refractivity contribution in [2.75, 3.05) is 12.4 Å². The lowest BCUT2D eigenvalue weighted by molar-refractivity contribution is -0.123. The molecule has 23 heavy (non-hydrogen) atoms. The van der Waals surface area contributed by atoms with E-state index < -0.39 is 23.8 Å². The fourth-order valence-electron chi connectivity index (χ4n) is 1.89. The van der Waals surface area contributed by atoms with Gasteiger partial charge >= 0.3 is 5.97 Å². The topological polar surface area (TPSA) is 64.6 Å². The van der Waals surface area contributed by atoms with Gasteiger partial charge in [-0.25, -0.2) is 9.18 Å². The zero-order chi connectivity index (χ0) is 16.8. The first kappa shape index (κ1) is 16.5. The maximum atomic E-state index is 13.5. The first-order chi connectivity index (χ1) is 11.0. The predicted octanol–water partition coefficient (Wildman–Crippen LogP) is 3.02. The van der Waals surface area contributed by atoms with E-state index in [-0.39, 0.29) is 5.56 Å². The molecule has 2 aromatic rings. The Labute approximate surface area is 133 Å². The molecule has 1 N–H and O–H groups in total. The minimum Gasteiger partial charge on any atom is -0.495 e. The van der Waals surface area contributed by atoms with Crippen LogP contribution in [0.25, 0.3) is 0 Å². The van der Waals surface area contributed by atoms with Gasteiger partial charge in [-0.2, -0.15) is 0 Å². The average molecular weight is 317 g/mol. The van der Waals surface area contributed by atoms with Crippen LogP contribution < -0.4 is 10.1 Å². The van der Waals surface area contributed by atoms with E-state index in [1.807, 2.05) is 0 Å². The van der Waals surface area contributed by atoms with Gasteiger partial charge in [-0.1, -0.05) is 24.3 Å². The standard InChI is InChI=1S/C17H16FNO4/c1-11(23-17(21)12-7-3-4-8-13(12)18)16(20)19-14-9-5-6-10-15(14)22-2/h3-11H,1-2H3,(H,19,20)/t11-/m1/s1. The first-order valence-electron chi connectivity index (χ1n) is 6.92. The summed E-state index contributed by atoms with van der Waals surface area (Å²) in [7, 11) is 1.48. The number of hydrogen-bond donors (Lipinski definition) is 1. The van der Waals surface area contributed by atoms with Gasteiger partial charge in [-0.3, -0.25) is 4.79 Å². The summed E-state index contributed by atoms with van der Waals surface area (Å²) in [4.78, 5) is 24.0. The smallest absolute Gasteiger partial charge is 0.341 e. The summed E-state index contributed by atoms with van der Waals surface area (Å²) in [5.41, 5.74) is 0.234. The van der Waals surface area contributed by atoms with Gasteiger partial charge in [-0.05, 0) is 31.2 Å². The van der Waals surface area contributed by atoms with Gasteiger partial charge in [-0.15, -0.1) is 0 Å². The Morgan fingerprint density at radius 1 is 1.09 bits per heavy atom. The van der Waals surface area contributed by atoms with Crippen LogP contribution in [-0.4, -0.2) is 25.1 Å². The Balaban J connectivity index is 2.03. The van der Waals surface area contributed by atoms with Crippen molar-refractivity contribution >= 4 is 17.6 Å². The maximum Gasteiger partial charge on any atom is 0.341 e. The zero-order valence-corrected chi connectivity index (χ0v) is 12.7. The highest BCUT2D eigenvalue weighted by Gasteiger charge is 2.21. The lowest BCUT2D eigenvalue weighted by atomic mass is 10.2. The molecule has 1 atom stereocenters. The van der Waals surface area contributed by atoms with Crippen LogP contribution in [0.1, 0.15) is 17.3 Å². The SMILES string of the molecule is COc1ccccc1NC(=O)[C@@H](C)OC(=O)c1ccccc1F. The van der Waals surface area contributed by atoms with Gasteiger partial charge in [0, 0.05) is 0 Å². The Hall–Kier alpha value is -2.89. The number of hydrogen-bond acceptors (Lipinski definition) is 4. The van der Waals surface area contributed by atoms with Crippen LogP contribution in [0, 0.1) is 5.82 Å². The van der Waals surface area contributed by atoms with Gasteiger partial charge in [0.05, 0.1) is 18.4 Å². The summed E-state index contributed by atoms with van der Waals surface area (Å²) in [6.07, 6.45) is -1.09. The molecule has 2 rings (SSSR count). The molecule has 0 unspecified atom stereocenters. The van der Waals surface area contributed by atoms with Crippen LogP contribution in [0.5, 0.6) is 5.75 Å². The van der Waals surface area contributed by atoms with Crippen molar-refractivity contribution in [3.8, 4) is 5.75 Å². The minimum absolute atomic E-state index is 0.218. The second-order valence-corrected chi connectivity index (χ2v) is 4.72. The van der Waals surface area contributed by atoms with Crippen LogP contribution in [0.15, 0.2) is 48.5 Å². The molecular weight excluding hydrogens is 301 g/mol.